The van der Waals surface area contributed by atoms with Crippen molar-refractivity contribution < 1.29 is 22.7 Å². The number of hydrogen-bond acceptors (Lipinski definition) is 7. The Morgan fingerprint density at radius 2 is 1.82 bits per heavy atom. The lowest BCUT2D eigenvalue weighted by Gasteiger charge is -2.35. The quantitative estimate of drug-likeness (QED) is 0.309. The normalized spacial score (nSPS) is 19.7. The summed E-state index contributed by atoms with van der Waals surface area (Å²) in [5.41, 5.74) is 4.42. The van der Waals surface area contributed by atoms with Crippen molar-refractivity contribution in [3.63, 3.8) is 0 Å². The van der Waals surface area contributed by atoms with E-state index in [1.165, 1.54) is 10.4 Å². The summed E-state index contributed by atoms with van der Waals surface area (Å²) in [6.45, 7) is 3.98. The third-order valence-electron chi connectivity index (χ3n) is 7.39. The molecule has 0 saturated heterocycles. The Kier molecular flexibility index (Phi) is 7.02. The van der Waals surface area contributed by atoms with Crippen LogP contribution in [0.2, 0.25) is 0 Å². The number of allylic oxidation sites excluding steroid dienone is 1. The fourth-order valence-electron chi connectivity index (χ4n) is 5.48. The minimum absolute atomic E-state index is 0.178. The molecule has 2 aromatic carbocycles. The van der Waals surface area contributed by atoms with Gasteiger partial charge >= 0.3 is 5.97 Å². The van der Waals surface area contributed by atoms with Crippen LogP contribution < -0.4 is 4.90 Å². The van der Waals surface area contributed by atoms with Gasteiger partial charge in [0.25, 0.3) is 10.0 Å². The third kappa shape index (κ3) is 4.70. The van der Waals surface area contributed by atoms with Crippen LogP contribution in [0, 0.1) is 0 Å². The fourth-order valence-corrected chi connectivity index (χ4v) is 8.20. The Labute approximate surface area is 227 Å². The van der Waals surface area contributed by atoms with Gasteiger partial charge in [0, 0.05) is 36.5 Å². The first-order valence-electron chi connectivity index (χ1n) is 12.5. The number of para-hydroxylation sites is 1. The lowest BCUT2D eigenvalue weighted by atomic mass is 9.83. The molecule has 0 fully saturated rings. The molecule has 0 spiro atoms. The zero-order valence-electron chi connectivity index (χ0n) is 21.6. The van der Waals surface area contributed by atoms with Crippen LogP contribution in [0.4, 0.5) is 5.69 Å². The van der Waals surface area contributed by atoms with Crippen molar-refractivity contribution in [2.24, 2.45) is 0 Å². The van der Waals surface area contributed by atoms with Gasteiger partial charge in [-0.15, -0.1) is 11.3 Å². The summed E-state index contributed by atoms with van der Waals surface area (Å²) in [6.07, 6.45) is 1.92. The summed E-state index contributed by atoms with van der Waals surface area (Å²) >= 11 is 1.15. The number of fused-ring (bicyclic) bond motifs is 2. The highest BCUT2D eigenvalue weighted by molar-refractivity contribution is 7.91. The van der Waals surface area contributed by atoms with Crippen LogP contribution in [-0.2, 0) is 36.2 Å². The van der Waals surface area contributed by atoms with Gasteiger partial charge in [0.2, 0.25) is 0 Å². The summed E-state index contributed by atoms with van der Waals surface area (Å²) in [6, 6.07) is 18.1. The maximum absolute atomic E-state index is 13.4. The number of rotatable bonds is 7. The van der Waals surface area contributed by atoms with Crippen molar-refractivity contribution in [3.05, 3.63) is 94.5 Å². The number of hydrogen-bond donors (Lipinski definition) is 0. The van der Waals surface area contributed by atoms with E-state index in [0.717, 1.165) is 39.4 Å². The molecule has 0 amide bonds. The number of carbonyl (C=O) groups is 2. The van der Waals surface area contributed by atoms with E-state index in [0.29, 0.717) is 6.42 Å². The monoisotopic (exact) mass is 550 g/mol. The van der Waals surface area contributed by atoms with Crippen molar-refractivity contribution in [2.75, 3.05) is 25.1 Å². The second-order valence-electron chi connectivity index (χ2n) is 10.1. The number of sulfonamides is 1. The molecule has 0 bridgehead atoms. The van der Waals surface area contributed by atoms with Crippen molar-refractivity contribution in [1.29, 1.82) is 0 Å². The van der Waals surface area contributed by atoms with Crippen molar-refractivity contribution in [1.82, 2.24) is 4.31 Å². The Morgan fingerprint density at radius 1 is 1.08 bits per heavy atom. The second-order valence-corrected chi connectivity index (χ2v) is 13.1. The first kappa shape index (κ1) is 26.3. The maximum atomic E-state index is 13.4. The van der Waals surface area contributed by atoms with Gasteiger partial charge in [-0.25, -0.2) is 8.42 Å². The van der Waals surface area contributed by atoms with Gasteiger partial charge in [-0.05, 0) is 40.6 Å². The SMILES string of the molecule is CN1C(=CC(=O)COC(=O)CC2c3ccccc3CCN2S(=O)(=O)c2cccs2)C(C)(C)c2ccccc21. The third-order valence-corrected chi connectivity index (χ3v) is 10.7. The first-order valence-corrected chi connectivity index (χ1v) is 14.8. The number of nitrogens with zero attached hydrogens (tertiary/aromatic N) is 2. The minimum Gasteiger partial charge on any atom is -0.457 e. The topological polar surface area (TPSA) is 84.0 Å². The van der Waals surface area contributed by atoms with Crippen LogP contribution >= 0.6 is 11.3 Å². The molecular weight excluding hydrogens is 520 g/mol. The van der Waals surface area contributed by atoms with Crippen LogP contribution in [-0.4, -0.2) is 44.7 Å². The smallest absolute Gasteiger partial charge is 0.308 e. The average Bonchev–Trinajstić information content (AvgIpc) is 3.51. The van der Waals surface area contributed by atoms with Crippen LogP contribution in [0.15, 0.2) is 82.0 Å². The molecule has 2 aliphatic rings. The summed E-state index contributed by atoms with van der Waals surface area (Å²) in [5.74, 6) is -0.944. The molecule has 9 heteroatoms. The van der Waals surface area contributed by atoms with E-state index in [1.54, 1.807) is 17.5 Å². The number of likely N-dealkylation sites (N-methyl/N-ethyl adjacent to an activating group) is 1. The molecular formula is C29H30N2O5S2. The largest absolute Gasteiger partial charge is 0.457 e. The molecule has 5 rings (SSSR count). The Bertz CT molecular complexity index is 1510. The molecule has 0 radical (unpaired) electrons. The van der Waals surface area contributed by atoms with Crippen LogP contribution in [0.3, 0.4) is 0 Å². The number of ketones is 1. The molecule has 1 aromatic heterocycles. The van der Waals surface area contributed by atoms with Gasteiger partial charge in [-0.3, -0.25) is 9.59 Å². The molecule has 3 aromatic rings. The number of thiophene rings is 1. The summed E-state index contributed by atoms with van der Waals surface area (Å²) in [7, 11) is -1.87. The van der Waals surface area contributed by atoms with Gasteiger partial charge in [0.05, 0.1) is 12.5 Å². The lowest BCUT2D eigenvalue weighted by Crippen LogP contribution is -2.41. The number of ether oxygens (including phenoxy) is 1. The Hall–Kier alpha value is -3.27. The lowest BCUT2D eigenvalue weighted by molar-refractivity contribution is -0.148. The molecule has 1 atom stereocenters. The van der Waals surface area contributed by atoms with E-state index in [4.69, 9.17) is 4.74 Å². The van der Waals surface area contributed by atoms with E-state index in [-0.39, 0.29) is 28.4 Å². The van der Waals surface area contributed by atoms with Gasteiger partial charge in [-0.2, -0.15) is 4.31 Å². The first-order chi connectivity index (χ1) is 18.1. The highest BCUT2D eigenvalue weighted by atomic mass is 32.2. The minimum atomic E-state index is -3.79. The molecule has 38 heavy (non-hydrogen) atoms. The van der Waals surface area contributed by atoms with E-state index in [1.807, 2.05) is 54.4 Å². The van der Waals surface area contributed by atoms with Gasteiger partial charge in [0.1, 0.15) is 4.21 Å². The maximum Gasteiger partial charge on any atom is 0.308 e. The predicted octanol–water partition coefficient (Wildman–Crippen LogP) is 4.85. The molecule has 7 nitrogen and oxygen atoms in total. The second kappa shape index (κ2) is 10.1. The van der Waals surface area contributed by atoms with Crippen LogP contribution in [0.5, 0.6) is 0 Å². The van der Waals surface area contributed by atoms with Crippen molar-refractivity contribution >= 4 is 38.8 Å². The van der Waals surface area contributed by atoms with Gasteiger partial charge < -0.3 is 9.64 Å². The van der Waals surface area contributed by atoms with Gasteiger partial charge in [-0.1, -0.05) is 62.4 Å². The summed E-state index contributed by atoms with van der Waals surface area (Å²) < 4.78 is 33.8. The fraction of sp³-hybridized carbons (Fsp3) is 0.310. The Balaban J connectivity index is 1.31. The number of carbonyl (C=O) groups excluding carboxylic acids is 2. The van der Waals surface area contributed by atoms with Crippen LogP contribution in [0.25, 0.3) is 0 Å². The van der Waals surface area contributed by atoms with E-state index >= 15 is 0 Å². The molecule has 2 aliphatic heterocycles. The predicted molar refractivity (Wildman–Crippen MR) is 148 cm³/mol. The van der Waals surface area contributed by atoms with Crippen molar-refractivity contribution in [3.8, 4) is 0 Å². The summed E-state index contributed by atoms with van der Waals surface area (Å²) in [5, 5.41) is 1.72. The van der Waals surface area contributed by atoms with Crippen LogP contribution in [0.1, 0.15) is 43.0 Å². The highest BCUT2D eigenvalue weighted by Gasteiger charge is 2.40. The zero-order valence-corrected chi connectivity index (χ0v) is 23.2. The molecule has 1 unspecified atom stereocenters. The standard InChI is InChI=1S/C29H30N2O5S2/c1-29(2)23-11-6-7-12-24(23)30(3)26(29)17-21(32)19-36-27(33)18-25-22-10-5-4-9-20(22)14-15-31(25)38(34,35)28-13-8-16-37-28/h4-13,16-17,25H,14-15,18-19H2,1-3H3. The summed E-state index contributed by atoms with van der Waals surface area (Å²) in [4.78, 5) is 27.8. The van der Waals surface area contributed by atoms with E-state index in [9.17, 15) is 18.0 Å². The number of esters is 1. The zero-order chi connectivity index (χ0) is 27.1. The van der Waals surface area contributed by atoms with Crippen molar-refractivity contribution in [2.45, 2.75) is 42.4 Å². The highest BCUT2D eigenvalue weighted by Crippen LogP contribution is 2.46. The number of anilines is 1. The molecule has 0 N–H and O–H groups in total. The Morgan fingerprint density at radius 3 is 2.55 bits per heavy atom. The molecule has 198 valence electrons. The molecule has 3 heterocycles. The average molecular weight is 551 g/mol. The van der Waals surface area contributed by atoms with Gasteiger partial charge in [0.15, 0.2) is 12.4 Å². The van der Waals surface area contributed by atoms with E-state index in [2.05, 4.69) is 19.9 Å². The molecule has 0 saturated carbocycles. The number of benzene rings is 2. The molecule has 0 aliphatic carbocycles. The van der Waals surface area contributed by atoms with E-state index < -0.39 is 28.6 Å².